The van der Waals surface area contributed by atoms with E-state index in [-0.39, 0.29) is 18.2 Å². The molecule has 11 heteroatoms. The van der Waals surface area contributed by atoms with Crippen LogP contribution in [0.5, 0.6) is 0 Å². The van der Waals surface area contributed by atoms with Crippen molar-refractivity contribution in [2.75, 3.05) is 13.2 Å². The summed E-state index contributed by atoms with van der Waals surface area (Å²) in [7, 11) is 0. The molecule has 0 spiro atoms. The van der Waals surface area contributed by atoms with Gasteiger partial charge in [-0.3, -0.25) is 4.99 Å². The summed E-state index contributed by atoms with van der Waals surface area (Å²) in [4.78, 5) is 7.30. The molecule has 1 saturated heterocycles. The molecule has 4 rings (SSSR count). The Kier molecular flexibility index (Phi) is 2.51. The number of fused-ring (bicyclic) bond motifs is 2. The normalized spacial score (nSPS) is 49.3. The monoisotopic (exact) mass is 319 g/mol. The van der Waals surface area contributed by atoms with Gasteiger partial charge in [0.1, 0.15) is 12.1 Å². The van der Waals surface area contributed by atoms with Crippen LogP contribution in [0.3, 0.4) is 0 Å². The number of alkyl halides is 2. The zero-order valence-corrected chi connectivity index (χ0v) is 11.0. The van der Waals surface area contributed by atoms with Crippen LogP contribution in [0, 0.1) is 0 Å². The molecule has 8 nitrogen and oxygen atoms in total. The summed E-state index contributed by atoms with van der Waals surface area (Å²) < 4.78 is 46.7. The van der Waals surface area contributed by atoms with E-state index in [1.54, 1.807) is 0 Å². The molecule has 0 aromatic heterocycles. The Labute approximate surface area is 121 Å². The molecule has 3 heterocycles. The molecule has 0 radical (unpaired) electrons. The number of aliphatic imine (C=N–C) groups is 2. The lowest BCUT2D eigenvalue weighted by molar-refractivity contribution is -0.0807. The molecule has 120 valence electrons. The molecule has 1 aliphatic carbocycles. The van der Waals surface area contributed by atoms with Gasteiger partial charge in [0, 0.05) is 0 Å². The predicted molar refractivity (Wildman–Crippen MR) is 67.5 cm³/mol. The lowest BCUT2D eigenvalue weighted by Crippen LogP contribution is -2.52. The third-order valence-electron chi connectivity index (χ3n) is 4.65. The molecule has 0 aromatic carbocycles. The Morgan fingerprint density at radius 3 is 2.82 bits per heavy atom. The predicted octanol–water partition coefficient (Wildman–Crippen LogP) is -1.77. The van der Waals surface area contributed by atoms with Crippen molar-refractivity contribution in [3.63, 3.8) is 0 Å². The van der Waals surface area contributed by atoms with E-state index in [0.29, 0.717) is 0 Å². The summed E-state index contributed by atoms with van der Waals surface area (Å²) in [5, 5.41) is 23.8. The fourth-order valence-corrected chi connectivity index (χ4v) is 3.38. The average Bonchev–Trinajstić information content (AvgIpc) is 2.81. The van der Waals surface area contributed by atoms with Crippen LogP contribution >= 0.6 is 0 Å². The Balaban J connectivity index is 1.63. The molecule has 2 unspecified atom stereocenters. The maximum absolute atomic E-state index is 14.5. The number of aliphatic hydroxyl groups excluding tert-OH is 1. The minimum atomic E-state index is -2.41. The van der Waals surface area contributed by atoms with Crippen molar-refractivity contribution in [2.45, 2.75) is 35.7 Å². The second-order valence-electron chi connectivity index (χ2n) is 5.66. The summed E-state index contributed by atoms with van der Waals surface area (Å²) in [5.74, 6) is -0.155. The number of hydrogen-bond donors (Lipinski definition) is 3. The van der Waals surface area contributed by atoms with Crippen LogP contribution < -0.4 is 5.73 Å². The van der Waals surface area contributed by atoms with Gasteiger partial charge in [0.05, 0.1) is 13.2 Å². The van der Waals surface area contributed by atoms with Crippen molar-refractivity contribution in [2.24, 2.45) is 20.8 Å². The van der Waals surface area contributed by atoms with Gasteiger partial charge in [0.15, 0.2) is 35.2 Å². The van der Waals surface area contributed by atoms with Crippen molar-refractivity contribution in [1.82, 2.24) is 5.01 Å². The van der Waals surface area contributed by atoms with Crippen molar-refractivity contribution in [3.8, 4) is 0 Å². The minimum absolute atomic E-state index is 0.0397. The fraction of sp³-hybridized carbons (Fsp3) is 0.727. The lowest BCUT2D eigenvalue weighted by atomic mass is 10.0. The highest BCUT2D eigenvalue weighted by Gasteiger charge is 2.89. The highest BCUT2D eigenvalue weighted by atomic mass is 19.2. The second kappa shape index (κ2) is 3.97. The largest absolute Gasteiger partial charge is 0.393 e. The second-order valence-corrected chi connectivity index (χ2v) is 5.66. The first-order valence-electron chi connectivity index (χ1n) is 6.58. The van der Waals surface area contributed by atoms with Crippen LogP contribution in [-0.2, 0) is 4.74 Å². The Bertz CT molecular complexity index is 638. The van der Waals surface area contributed by atoms with Crippen LogP contribution in [0.4, 0.5) is 13.2 Å². The van der Waals surface area contributed by atoms with Crippen LogP contribution in [0.25, 0.3) is 0 Å². The zero-order chi connectivity index (χ0) is 15.9. The summed E-state index contributed by atoms with van der Waals surface area (Å²) in [6.45, 7) is -0.911. The van der Waals surface area contributed by atoms with Gasteiger partial charge in [-0.05, 0) is 0 Å². The van der Waals surface area contributed by atoms with Gasteiger partial charge in [-0.25, -0.2) is 13.8 Å². The Hall–Kier alpha value is -1.72. The number of rotatable bonds is 2. The first-order valence-corrected chi connectivity index (χ1v) is 6.58. The number of hydrogen-bond acceptors (Lipinski definition) is 8. The number of ether oxygens (including phenoxy) is 1. The van der Waals surface area contributed by atoms with Gasteiger partial charge in [-0.15, -0.1) is 5.10 Å². The summed E-state index contributed by atoms with van der Waals surface area (Å²) >= 11 is 0. The molecule has 1 saturated carbocycles. The summed E-state index contributed by atoms with van der Waals surface area (Å²) in [6, 6.07) is -0.919. The van der Waals surface area contributed by atoms with Crippen LogP contribution in [0.1, 0.15) is 0 Å². The SMILES string of the molecule is NC1=NC(F)=NN2C1=NCC2[C@@H]1O[C@@]2(CO)C(F)[C@]2(O)[C@H]1F. The van der Waals surface area contributed by atoms with E-state index in [1.807, 2.05) is 0 Å². The van der Waals surface area contributed by atoms with E-state index < -0.39 is 48.4 Å². The molecule has 4 N–H and O–H groups in total. The molecule has 0 amide bonds. The molecular formula is C11H12F3N5O3. The standard InChI is InChI=1S/C11H12F3N5O3/c12-5-4(22-10(2-20)8(13)11(5,10)21)3-1-16-7-6(15)17-9(14)18-19(3)7/h3-5,8,20-21H,1-2H2,(H2,15,17,18)/t3?,4-,5-,8?,10-,11+/m0/s1. The van der Waals surface area contributed by atoms with Gasteiger partial charge in [0.25, 0.3) is 0 Å². The first kappa shape index (κ1) is 13.9. The topological polar surface area (TPSA) is 116 Å². The van der Waals surface area contributed by atoms with Gasteiger partial charge < -0.3 is 20.7 Å². The molecule has 22 heavy (non-hydrogen) atoms. The summed E-state index contributed by atoms with van der Waals surface area (Å²) in [6.07, 6.45) is -6.60. The smallest absolute Gasteiger partial charge is 0.327 e. The van der Waals surface area contributed by atoms with Gasteiger partial charge in [0.2, 0.25) is 0 Å². The zero-order valence-electron chi connectivity index (χ0n) is 11.0. The summed E-state index contributed by atoms with van der Waals surface area (Å²) in [5.41, 5.74) is 1.12. The highest BCUT2D eigenvalue weighted by Crippen LogP contribution is 2.63. The Morgan fingerprint density at radius 1 is 1.45 bits per heavy atom. The maximum atomic E-state index is 14.5. The lowest BCUT2D eigenvalue weighted by Gasteiger charge is -2.31. The molecule has 2 fully saturated rings. The van der Waals surface area contributed by atoms with Crippen LogP contribution in [0.15, 0.2) is 15.1 Å². The number of nitrogens with zero attached hydrogens (tertiary/aromatic N) is 4. The third kappa shape index (κ3) is 1.32. The molecule has 4 aliphatic rings. The third-order valence-corrected chi connectivity index (χ3v) is 4.65. The maximum Gasteiger partial charge on any atom is 0.327 e. The van der Waals surface area contributed by atoms with Gasteiger partial charge in [-0.2, -0.15) is 9.38 Å². The molecule has 0 aromatic rings. The minimum Gasteiger partial charge on any atom is -0.393 e. The molecule has 6 atom stereocenters. The Morgan fingerprint density at radius 2 is 2.18 bits per heavy atom. The molecule has 0 bridgehead atoms. The highest BCUT2D eigenvalue weighted by molar-refractivity contribution is 6.42. The van der Waals surface area contributed by atoms with E-state index in [1.165, 1.54) is 0 Å². The van der Waals surface area contributed by atoms with Crippen LogP contribution in [-0.4, -0.2) is 81.8 Å². The van der Waals surface area contributed by atoms with E-state index >= 15 is 0 Å². The molecule has 3 aliphatic heterocycles. The fourth-order valence-electron chi connectivity index (χ4n) is 3.38. The quantitative estimate of drug-likeness (QED) is 0.521. The van der Waals surface area contributed by atoms with Crippen molar-refractivity contribution >= 4 is 17.8 Å². The van der Waals surface area contributed by atoms with Crippen molar-refractivity contribution in [1.29, 1.82) is 0 Å². The molecular weight excluding hydrogens is 307 g/mol. The van der Waals surface area contributed by atoms with Crippen molar-refractivity contribution < 1.29 is 28.1 Å². The number of hydrazone groups is 1. The van der Waals surface area contributed by atoms with Gasteiger partial charge >= 0.3 is 6.09 Å². The van der Waals surface area contributed by atoms with E-state index in [0.717, 1.165) is 5.01 Å². The van der Waals surface area contributed by atoms with E-state index in [9.17, 15) is 23.4 Å². The van der Waals surface area contributed by atoms with E-state index in [4.69, 9.17) is 10.5 Å². The first-order chi connectivity index (χ1) is 10.4. The van der Waals surface area contributed by atoms with Gasteiger partial charge in [-0.1, -0.05) is 0 Å². The van der Waals surface area contributed by atoms with Crippen LogP contribution in [0.2, 0.25) is 0 Å². The number of amidine groups is 3. The average molecular weight is 319 g/mol. The van der Waals surface area contributed by atoms with Crippen molar-refractivity contribution in [3.05, 3.63) is 0 Å². The van der Waals surface area contributed by atoms with E-state index in [2.05, 4.69) is 15.1 Å². The number of halogens is 3. The number of aliphatic hydroxyl groups is 2. The number of nitrogens with two attached hydrogens (primary N) is 1.